The van der Waals surface area contributed by atoms with E-state index in [0.29, 0.717) is 38.5 Å². The summed E-state index contributed by atoms with van der Waals surface area (Å²) < 4.78 is 5.02. The number of hydrogen-bond donors (Lipinski definition) is 1. The monoisotopic (exact) mass is 346 g/mol. The number of nitrogens with zero attached hydrogens (tertiary/aromatic N) is 3. The third-order valence-corrected chi connectivity index (χ3v) is 4.93. The van der Waals surface area contributed by atoms with Crippen LogP contribution in [0.1, 0.15) is 25.7 Å². The van der Waals surface area contributed by atoms with Crippen molar-refractivity contribution in [3.63, 3.8) is 0 Å². The molecular weight excluding hydrogens is 320 g/mol. The topological polar surface area (TPSA) is 74.8 Å². The Morgan fingerprint density at radius 3 is 2.60 bits per heavy atom. The van der Waals surface area contributed by atoms with Crippen molar-refractivity contribution in [2.45, 2.75) is 25.7 Å². The molecule has 2 aliphatic heterocycles. The molecule has 0 spiro atoms. The van der Waals surface area contributed by atoms with Gasteiger partial charge in [0.1, 0.15) is 5.82 Å². The summed E-state index contributed by atoms with van der Waals surface area (Å²) in [6.45, 7) is 4.48. The first kappa shape index (κ1) is 17.7. The first-order valence-corrected chi connectivity index (χ1v) is 9.08. The lowest BCUT2D eigenvalue weighted by atomic mass is 9.93. The maximum atomic E-state index is 12.1. The van der Waals surface area contributed by atoms with Crippen LogP contribution >= 0.6 is 0 Å². The molecule has 0 atom stereocenters. The molecule has 2 fully saturated rings. The van der Waals surface area contributed by atoms with Gasteiger partial charge in [-0.05, 0) is 50.4 Å². The van der Waals surface area contributed by atoms with Gasteiger partial charge < -0.3 is 19.9 Å². The lowest BCUT2D eigenvalue weighted by Gasteiger charge is -2.34. The highest BCUT2D eigenvalue weighted by Crippen LogP contribution is 2.18. The first-order valence-electron chi connectivity index (χ1n) is 9.08. The van der Waals surface area contributed by atoms with Gasteiger partial charge in [0, 0.05) is 38.8 Å². The fourth-order valence-corrected chi connectivity index (χ4v) is 3.36. The zero-order valence-electron chi connectivity index (χ0n) is 14.5. The second kappa shape index (κ2) is 8.80. The number of rotatable bonds is 4. The summed E-state index contributed by atoms with van der Waals surface area (Å²) in [6.07, 6.45) is 4.56. The Labute approximate surface area is 148 Å². The van der Waals surface area contributed by atoms with Gasteiger partial charge in [-0.1, -0.05) is 6.07 Å². The smallest absolute Gasteiger partial charge is 0.376 e. The Kier molecular flexibility index (Phi) is 6.22. The summed E-state index contributed by atoms with van der Waals surface area (Å²) >= 11 is 0. The number of esters is 1. The maximum absolute atomic E-state index is 12.1. The molecule has 1 amide bonds. The van der Waals surface area contributed by atoms with Gasteiger partial charge in [-0.25, -0.2) is 9.78 Å². The fraction of sp³-hybridized carbons (Fsp3) is 0.611. The van der Waals surface area contributed by atoms with Crippen molar-refractivity contribution in [1.29, 1.82) is 0 Å². The van der Waals surface area contributed by atoms with Crippen molar-refractivity contribution < 1.29 is 14.3 Å². The van der Waals surface area contributed by atoms with Crippen LogP contribution in [0.25, 0.3) is 0 Å². The highest BCUT2D eigenvalue weighted by Gasteiger charge is 2.25. The fourth-order valence-electron chi connectivity index (χ4n) is 3.36. The van der Waals surface area contributed by atoms with Crippen LogP contribution in [0.5, 0.6) is 0 Å². The van der Waals surface area contributed by atoms with Crippen LogP contribution in [-0.2, 0) is 9.53 Å². The summed E-state index contributed by atoms with van der Waals surface area (Å²) in [5.41, 5.74) is 0. The van der Waals surface area contributed by atoms with E-state index in [9.17, 15) is 9.59 Å². The minimum atomic E-state index is -0.518. The number of pyridine rings is 1. The second-order valence-electron chi connectivity index (χ2n) is 6.63. The van der Waals surface area contributed by atoms with Gasteiger partial charge in [-0.2, -0.15) is 0 Å². The number of hydrogen-bond acceptors (Lipinski definition) is 6. The van der Waals surface area contributed by atoms with Gasteiger partial charge >= 0.3 is 12.1 Å². The van der Waals surface area contributed by atoms with E-state index in [4.69, 9.17) is 4.74 Å². The Hall–Kier alpha value is -2.15. The second-order valence-corrected chi connectivity index (χ2v) is 6.63. The van der Waals surface area contributed by atoms with Gasteiger partial charge in [0.25, 0.3) is 0 Å². The number of carbonyl (C=O) groups excluding carboxylic acids is 2. The Bertz CT molecular complexity index is 567. The molecule has 0 saturated carbocycles. The van der Waals surface area contributed by atoms with Crippen LogP contribution in [0.4, 0.5) is 10.6 Å². The average molecular weight is 346 g/mol. The zero-order chi connectivity index (χ0) is 17.5. The summed E-state index contributed by atoms with van der Waals surface area (Å²) in [5, 5.41) is 3.31. The molecule has 2 saturated heterocycles. The molecule has 3 rings (SSSR count). The molecule has 2 aliphatic rings. The largest absolute Gasteiger partial charge is 0.417 e. The molecule has 1 aromatic heterocycles. The van der Waals surface area contributed by atoms with E-state index in [1.807, 2.05) is 18.2 Å². The van der Waals surface area contributed by atoms with E-state index in [1.165, 1.54) is 0 Å². The molecule has 0 unspecified atom stereocenters. The molecule has 136 valence electrons. The highest BCUT2D eigenvalue weighted by atomic mass is 16.6. The van der Waals surface area contributed by atoms with Crippen LogP contribution in [0.3, 0.4) is 0 Å². The van der Waals surface area contributed by atoms with Crippen LogP contribution in [0.2, 0.25) is 0 Å². The number of piperidine rings is 1. The summed E-state index contributed by atoms with van der Waals surface area (Å²) in [7, 11) is 0. The van der Waals surface area contributed by atoms with Gasteiger partial charge in [0.2, 0.25) is 0 Å². The van der Waals surface area contributed by atoms with E-state index in [-0.39, 0.29) is 0 Å². The lowest BCUT2D eigenvalue weighted by molar-refractivity contribution is -0.138. The third kappa shape index (κ3) is 5.16. The Morgan fingerprint density at radius 1 is 1.16 bits per heavy atom. The molecular formula is C18H26N4O3. The number of nitrogens with one attached hydrogen (secondary N) is 1. The van der Waals surface area contributed by atoms with Crippen molar-refractivity contribution in [3.05, 3.63) is 24.4 Å². The van der Waals surface area contributed by atoms with Crippen molar-refractivity contribution in [2.24, 2.45) is 5.92 Å². The van der Waals surface area contributed by atoms with E-state index in [2.05, 4.69) is 15.2 Å². The summed E-state index contributed by atoms with van der Waals surface area (Å²) in [5.74, 6) is 1.06. The van der Waals surface area contributed by atoms with Crippen molar-refractivity contribution in [1.82, 2.24) is 15.2 Å². The van der Waals surface area contributed by atoms with Gasteiger partial charge in [0.15, 0.2) is 0 Å². The average Bonchev–Trinajstić information content (AvgIpc) is 2.68. The van der Waals surface area contributed by atoms with Gasteiger partial charge in [-0.3, -0.25) is 4.79 Å². The summed E-state index contributed by atoms with van der Waals surface area (Å²) in [6, 6.07) is 5.79. The van der Waals surface area contributed by atoms with E-state index in [0.717, 1.165) is 38.2 Å². The molecule has 0 bridgehead atoms. The maximum Gasteiger partial charge on any atom is 0.417 e. The molecule has 1 N–H and O–H groups in total. The van der Waals surface area contributed by atoms with Crippen molar-refractivity contribution in [3.8, 4) is 0 Å². The molecule has 1 aromatic rings. The molecule has 25 heavy (non-hydrogen) atoms. The van der Waals surface area contributed by atoms with Crippen LogP contribution in [0, 0.1) is 5.92 Å². The number of aromatic nitrogens is 1. The molecule has 7 nitrogen and oxygen atoms in total. The number of amides is 1. The minimum absolute atomic E-state index is 0.324. The van der Waals surface area contributed by atoms with E-state index >= 15 is 0 Å². The van der Waals surface area contributed by atoms with E-state index < -0.39 is 12.1 Å². The van der Waals surface area contributed by atoms with Crippen molar-refractivity contribution >= 4 is 17.9 Å². The van der Waals surface area contributed by atoms with Gasteiger partial charge in [0.05, 0.1) is 0 Å². The van der Waals surface area contributed by atoms with E-state index in [1.54, 1.807) is 11.1 Å². The third-order valence-electron chi connectivity index (χ3n) is 4.93. The molecule has 0 aromatic carbocycles. The molecule has 0 radical (unpaired) electrons. The normalized spacial score (nSPS) is 18.9. The highest BCUT2D eigenvalue weighted by molar-refractivity contribution is 5.84. The lowest BCUT2D eigenvalue weighted by Crippen LogP contribution is -2.49. The van der Waals surface area contributed by atoms with Crippen LogP contribution < -0.4 is 10.2 Å². The number of ether oxygens (including phenoxy) is 1. The van der Waals surface area contributed by atoms with Crippen LogP contribution in [-0.4, -0.2) is 61.2 Å². The zero-order valence-corrected chi connectivity index (χ0v) is 14.5. The number of carbonyl (C=O) groups is 2. The minimum Gasteiger partial charge on any atom is -0.376 e. The Balaban J connectivity index is 1.38. The number of anilines is 1. The SMILES string of the molecule is O=C(CCC1CCNCC1)OC(=O)N1CCN(c2ccccn2)CC1. The standard InChI is InChI=1S/C18H26N4O3/c23-17(5-4-15-6-9-19-10-7-15)25-18(24)22-13-11-21(12-14-22)16-3-1-2-8-20-16/h1-3,8,15,19H,4-7,9-14H2. The quantitative estimate of drug-likeness (QED) is 0.660. The predicted octanol–water partition coefficient (Wildman–Crippen LogP) is 1.65. The number of piperazine rings is 1. The molecule has 7 heteroatoms. The van der Waals surface area contributed by atoms with Crippen molar-refractivity contribution in [2.75, 3.05) is 44.2 Å². The molecule has 0 aliphatic carbocycles. The predicted molar refractivity (Wildman–Crippen MR) is 94.3 cm³/mol. The molecule has 3 heterocycles. The Morgan fingerprint density at radius 2 is 1.92 bits per heavy atom. The summed E-state index contributed by atoms with van der Waals surface area (Å²) in [4.78, 5) is 32.1. The first-order chi connectivity index (χ1) is 12.2. The van der Waals surface area contributed by atoms with Crippen LogP contribution in [0.15, 0.2) is 24.4 Å². The van der Waals surface area contributed by atoms with Gasteiger partial charge in [-0.15, -0.1) is 0 Å².